The van der Waals surface area contributed by atoms with Gasteiger partial charge in [-0.3, -0.25) is 4.79 Å². The summed E-state index contributed by atoms with van der Waals surface area (Å²) in [4.78, 5) is 12.8. The molecule has 0 aromatic heterocycles. The van der Waals surface area contributed by atoms with Crippen LogP contribution in [0.2, 0.25) is 6.55 Å². The topological polar surface area (TPSA) is 44.8 Å². The lowest BCUT2D eigenvalue weighted by molar-refractivity contribution is -0.152. The van der Waals surface area contributed by atoms with Crippen molar-refractivity contribution in [2.24, 2.45) is 5.92 Å². The second kappa shape index (κ2) is 10.6. The molecule has 1 saturated heterocycles. The fourth-order valence-corrected chi connectivity index (χ4v) is 6.02. The van der Waals surface area contributed by atoms with Crippen molar-refractivity contribution in [2.45, 2.75) is 69.6 Å². The van der Waals surface area contributed by atoms with E-state index in [9.17, 15) is 4.79 Å². The molecule has 2 aliphatic rings. The Morgan fingerprint density at radius 3 is 2.47 bits per heavy atom. The number of hydrogen-bond donors (Lipinski definition) is 0. The molecule has 0 bridgehead atoms. The molecule has 7 heteroatoms. The van der Waals surface area contributed by atoms with E-state index < -0.39 is 6.94 Å². The zero-order valence-corrected chi connectivity index (χ0v) is 20.4. The van der Waals surface area contributed by atoms with Gasteiger partial charge in [0, 0.05) is 12.5 Å². The molecule has 3 rings (SSSR count). The van der Waals surface area contributed by atoms with E-state index in [0.29, 0.717) is 0 Å². The van der Waals surface area contributed by atoms with Crippen LogP contribution in [0.1, 0.15) is 56.9 Å². The van der Waals surface area contributed by atoms with Gasteiger partial charge in [0.15, 0.2) is 5.78 Å². The van der Waals surface area contributed by atoms with Crippen molar-refractivity contribution < 1.29 is 18.7 Å². The number of methoxy groups -OCH3 is 1. The quantitative estimate of drug-likeness (QED) is 0.280. The zero-order chi connectivity index (χ0) is 21.6. The molecule has 1 aliphatic heterocycles. The van der Waals surface area contributed by atoms with E-state index in [4.69, 9.17) is 36.1 Å². The summed E-state index contributed by atoms with van der Waals surface area (Å²) < 4.78 is 17.7. The van der Waals surface area contributed by atoms with Crippen molar-refractivity contribution >= 4 is 41.0 Å². The van der Waals surface area contributed by atoms with Gasteiger partial charge >= 0.3 is 6.94 Å². The number of halogens is 2. The first kappa shape index (κ1) is 23.8. The van der Waals surface area contributed by atoms with Gasteiger partial charge in [0.25, 0.3) is 0 Å². The molecule has 1 aliphatic carbocycles. The number of carbonyl (C=O) groups excluding carboxylic acids is 1. The third-order valence-electron chi connectivity index (χ3n) is 6.23. The van der Waals surface area contributed by atoms with E-state index in [1.807, 2.05) is 30.3 Å². The molecule has 0 N–H and O–H groups in total. The fraction of sp³-hybridized carbons (Fsp3) is 0.609. The van der Waals surface area contributed by atoms with E-state index in [0.717, 1.165) is 69.3 Å². The van der Waals surface area contributed by atoms with Gasteiger partial charge < -0.3 is 13.9 Å². The molecule has 0 amide bonds. The number of ether oxygens (including phenoxy) is 2. The SMILES string of the molecule is COc1ccc(C=CC(=O)C2CCC3(CC2)OCCCCCC3O[Si](C)(Cl)Cl)cc1. The summed E-state index contributed by atoms with van der Waals surface area (Å²) in [5, 5.41) is 0. The fourth-order valence-electron chi connectivity index (χ4n) is 4.54. The van der Waals surface area contributed by atoms with Crippen molar-refractivity contribution in [1.29, 1.82) is 0 Å². The van der Waals surface area contributed by atoms with Crippen LogP contribution >= 0.6 is 22.2 Å². The normalized spacial score (nSPS) is 28.3. The van der Waals surface area contributed by atoms with E-state index >= 15 is 0 Å². The minimum Gasteiger partial charge on any atom is -0.497 e. The van der Waals surface area contributed by atoms with Gasteiger partial charge in [0.05, 0.1) is 18.8 Å². The highest BCUT2D eigenvalue weighted by atomic mass is 35.7. The zero-order valence-electron chi connectivity index (χ0n) is 17.9. The molecule has 30 heavy (non-hydrogen) atoms. The van der Waals surface area contributed by atoms with E-state index in [1.54, 1.807) is 19.7 Å². The number of carbonyl (C=O) groups is 1. The monoisotopic (exact) mass is 470 g/mol. The third-order valence-corrected chi connectivity index (χ3v) is 7.46. The third kappa shape index (κ3) is 6.57. The molecule has 1 unspecified atom stereocenters. The molecule has 2 fully saturated rings. The standard InChI is InChI=1S/C23H32Cl2O4Si/c1-27-20-10-7-18(8-11-20)9-12-21(26)19-13-15-23(16-14-19)22(29-30(2,24)25)6-4-3-5-17-28-23/h7-12,19,22H,3-6,13-17H2,1-2H3. The maximum absolute atomic E-state index is 12.8. The molecule has 1 saturated carbocycles. The molecule has 1 spiro atoms. The molecular weight excluding hydrogens is 439 g/mol. The molecule has 166 valence electrons. The lowest BCUT2D eigenvalue weighted by Crippen LogP contribution is -2.52. The largest absolute Gasteiger partial charge is 0.497 e. The summed E-state index contributed by atoms with van der Waals surface area (Å²) in [5.74, 6) is 1.01. The Hall–Kier alpha value is -0.853. The molecule has 1 aromatic carbocycles. The minimum absolute atomic E-state index is 0.0236. The van der Waals surface area contributed by atoms with E-state index in [1.165, 1.54) is 0 Å². The summed E-state index contributed by atoms with van der Waals surface area (Å²) in [7, 11) is 1.64. The van der Waals surface area contributed by atoms with Crippen LogP contribution in [-0.2, 0) is 14.0 Å². The van der Waals surface area contributed by atoms with Gasteiger partial charge in [0.2, 0.25) is 0 Å². The van der Waals surface area contributed by atoms with E-state index in [-0.39, 0.29) is 23.4 Å². The van der Waals surface area contributed by atoms with Gasteiger partial charge in [-0.25, -0.2) is 0 Å². The molecule has 4 nitrogen and oxygen atoms in total. The molecule has 0 radical (unpaired) electrons. The van der Waals surface area contributed by atoms with E-state index in [2.05, 4.69) is 0 Å². The summed E-state index contributed by atoms with van der Waals surface area (Å²) in [6, 6.07) is 7.68. The number of benzene rings is 1. The smallest absolute Gasteiger partial charge is 0.386 e. The average molecular weight is 471 g/mol. The Kier molecular flexibility index (Phi) is 8.44. The predicted octanol–water partition coefficient (Wildman–Crippen LogP) is 6.23. The van der Waals surface area contributed by atoms with Crippen LogP contribution in [0.5, 0.6) is 5.75 Å². The van der Waals surface area contributed by atoms with Crippen LogP contribution in [0.15, 0.2) is 30.3 Å². The number of allylic oxidation sites excluding steroid dienone is 1. The van der Waals surface area contributed by atoms with Gasteiger partial charge in [-0.1, -0.05) is 31.1 Å². The highest BCUT2D eigenvalue weighted by Crippen LogP contribution is 2.43. The highest BCUT2D eigenvalue weighted by molar-refractivity contribution is 7.41. The first-order valence-electron chi connectivity index (χ1n) is 10.9. The molecule has 1 aromatic rings. The predicted molar refractivity (Wildman–Crippen MR) is 124 cm³/mol. The van der Waals surface area contributed by atoms with Crippen LogP contribution in [0.3, 0.4) is 0 Å². The van der Waals surface area contributed by atoms with Gasteiger partial charge in [-0.15, -0.1) is 22.2 Å². The van der Waals surface area contributed by atoms with Crippen LogP contribution in [0.25, 0.3) is 6.08 Å². The summed E-state index contributed by atoms with van der Waals surface area (Å²) in [5.41, 5.74) is 0.622. The average Bonchev–Trinajstić information content (AvgIpc) is 2.72. The second-order valence-electron chi connectivity index (χ2n) is 8.46. The molecule has 1 atom stereocenters. The maximum atomic E-state index is 12.8. The summed E-state index contributed by atoms with van der Waals surface area (Å²) >= 11 is 12.6. The van der Waals surface area contributed by atoms with Crippen molar-refractivity contribution in [3.63, 3.8) is 0 Å². The first-order valence-corrected chi connectivity index (χ1v) is 15.3. The van der Waals surface area contributed by atoms with Crippen LogP contribution in [0.4, 0.5) is 0 Å². The number of ketones is 1. The van der Waals surface area contributed by atoms with Crippen molar-refractivity contribution in [3.8, 4) is 5.75 Å². The Morgan fingerprint density at radius 2 is 1.83 bits per heavy atom. The van der Waals surface area contributed by atoms with Crippen molar-refractivity contribution in [3.05, 3.63) is 35.9 Å². The second-order valence-corrected chi connectivity index (χ2v) is 15.2. The van der Waals surface area contributed by atoms with Crippen molar-refractivity contribution in [1.82, 2.24) is 0 Å². The lowest BCUT2D eigenvalue weighted by Gasteiger charge is -2.46. The Morgan fingerprint density at radius 1 is 1.13 bits per heavy atom. The Balaban J connectivity index is 1.62. The summed E-state index contributed by atoms with van der Waals surface area (Å²) in [6.07, 6.45) is 10.9. The van der Waals surface area contributed by atoms with Gasteiger partial charge in [0.1, 0.15) is 5.75 Å². The molecular formula is C23H32Cl2O4Si. The molecule has 1 heterocycles. The first-order chi connectivity index (χ1) is 14.3. The minimum atomic E-state index is -2.71. The van der Waals surface area contributed by atoms with Crippen LogP contribution < -0.4 is 4.74 Å². The van der Waals surface area contributed by atoms with Crippen LogP contribution in [0, 0.1) is 5.92 Å². The Bertz CT molecular complexity index is 722. The summed E-state index contributed by atoms with van der Waals surface area (Å²) in [6.45, 7) is -0.184. The maximum Gasteiger partial charge on any atom is 0.386 e. The highest BCUT2D eigenvalue weighted by Gasteiger charge is 2.47. The number of rotatable bonds is 6. The van der Waals surface area contributed by atoms with Gasteiger partial charge in [-0.05, 0) is 68.8 Å². The van der Waals surface area contributed by atoms with Crippen molar-refractivity contribution in [2.75, 3.05) is 13.7 Å². The number of hydrogen-bond acceptors (Lipinski definition) is 4. The van der Waals surface area contributed by atoms with Gasteiger partial charge in [-0.2, -0.15) is 0 Å². The Labute approximate surface area is 190 Å². The van der Waals surface area contributed by atoms with Crippen LogP contribution in [-0.4, -0.2) is 38.1 Å². The lowest BCUT2D eigenvalue weighted by atomic mass is 9.73.